The molecule has 1 saturated heterocycles. The normalized spacial score (nSPS) is 20.4. The maximum Gasteiger partial charge on any atom is 0.255 e. The average molecular weight is 340 g/mol. The maximum absolute atomic E-state index is 12.6. The first-order valence-corrected chi connectivity index (χ1v) is 8.60. The average Bonchev–Trinajstić information content (AvgIpc) is 2.64. The molecule has 1 aliphatic rings. The number of aliphatic hydroxyl groups excluding tert-OH is 1. The summed E-state index contributed by atoms with van der Waals surface area (Å²) in [7, 11) is 1.54. The summed E-state index contributed by atoms with van der Waals surface area (Å²) in [4.78, 5) is 18.4. The second-order valence-electron chi connectivity index (χ2n) is 6.59. The molecule has 0 unspecified atom stereocenters. The molecule has 2 atom stereocenters. The number of nitrogens with zero attached hydrogens (tertiary/aromatic N) is 2. The Morgan fingerprint density at radius 3 is 2.76 bits per heavy atom. The van der Waals surface area contributed by atoms with Crippen molar-refractivity contribution in [2.45, 2.75) is 25.9 Å². The maximum atomic E-state index is 12.6. The van der Waals surface area contributed by atoms with Crippen LogP contribution in [0.3, 0.4) is 0 Å². The highest BCUT2D eigenvalue weighted by atomic mass is 16.5. The van der Waals surface area contributed by atoms with Gasteiger partial charge in [0.1, 0.15) is 0 Å². The van der Waals surface area contributed by atoms with Crippen LogP contribution < -0.4 is 4.74 Å². The Hall–Kier alpha value is -2.40. The lowest BCUT2D eigenvalue weighted by atomic mass is 9.86. The van der Waals surface area contributed by atoms with Gasteiger partial charge in [-0.1, -0.05) is 24.3 Å². The van der Waals surface area contributed by atoms with Crippen molar-refractivity contribution in [3.8, 4) is 5.88 Å². The van der Waals surface area contributed by atoms with Crippen molar-refractivity contribution < 1.29 is 14.6 Å². The number of aryl methyl sites for hydroxylation is 1. The molecular formula is C20H24N2O3. The van der Waals surface area contributed by atoms with Gasteiger partial charge >= 0.3 is 0 Å². The van der Waals surface area contributed by atoms with Gasteiger partial charge in [-0.15, -0.1) is 0 Å². The van der Waals surface area contributed by atoms with Crippen LogP contribution in [0.4, 0.5) is 0 Å². The van der Waals surface area contributed by atoms with Crippen molar-refractivity contribution in [2.24, 2.45) is 5.92 Å². The molecule has 1 aliphatic heterocycles. The number of pyridine rings is 1. The minimum absolute atomic E-state index is 0.0939. The number of aliphatic hydroxyl groups is 1. The van der Waals surface area contributed by atoms with Gasteiger partial charge in [-0.3, -0.25) is 4.79 Å². The number of aromatic nitrogens is 1. The molecule has 0 aliphatic carbocycles. The molecule has 0 bridgehead atoms. The summed E-state index contributed by atoms with van der Waals surface area (Å²) < 4.78 is 5.02. The number of benzene rings is 1. The summed E-state index contributed by atoms with van der Waals surface area (Å²) in [6.45, 7) is 3.11. The number of hydrogen-bond donors (Lipinski definition) is 1. The fourth-order valence-electron chi connectivity index (χ4n) is 3.33. The molecule has 5 heteroatoms. The first kappa shape index (κ1) is 17.4. The molecule has 2 aromatic rings. The molecule has 0 radical (unpaired) electrons. The number of methoxy groups -OCH3 is 1. The van der Waals surface area contributed by atoms with Gasteiger partial charge in [0.15, 0.2) is 0 Å². The van der Waals surface area contributed by atoms with Crippen LogP contribution >= 0.6 is 0 Å². The number of carbonyl (C=O) groups excluding carboxylic acids is 1. The van der Waals surface area contributed by atoms with Gasteiger partial charge in [0, 0.05) is 25.4 Å². The third-order valence-corrected chi connectivity index (χ3v) is 4.94. The first-order chi connectivity index (χ1) is 12.1. The number of amides is 1. The Kier molecular flexibility index (Phi) is 5.34. The summed E-state index contributed by atoms with van der Waals surface area (Å²) >= 11 is 0. The summed E-state index contributed by atoms with van der Waals surface area (Å²) in [5, 5.41) is 10.5. The Balaban J connectivity index is 1.62. The van der Waals surface area contributed by atoms with Crippen molar-refractivity contribution in [1.82, 2.24) is 9.88 Å². The molecule has 132 valence electrons. The summed E-state index contributed by atoms with van der Waals surface area (Å²) in [5.74, 6) is 0.566. The largest absolute Gasteiger partial charge is 0.481 e. The summed E-state index contributed by atoms with van der Waals surface area (Å²) in [5.41, 5.74) is 3.04. The van der Waals surface area contributed by atoms with E-state index in [1.807, 2.05) is 12.1 Å². The van der Waals surface area contributed by atoms with Gasteiger partial charge in [0.2, 0.25) is 5.88 Å². The molecule has 2 heterocycles. The highest BCUT2D eigenvalue weighted by Crippen LogP contribution is 2.24. The van der Waals surface area contributed by atoms with Crippen molar-refractivity contribution >= 4 is 5.91 Å². The molecular weight excluding hydrogens is 316 g/mol. The molecule has 1 aromatic carbocycles. The number of carbonyl (C=O) groups is 1. The van der Waals surface area contributed by atoms with E-state index in [0.717, 1.165) is 12.8 Å². The van der Waals surface area contributed by atoms with Crippen LogP contribution in [-0.4, -0.2) is 47.2 Å². The fraction of sp³-hybridized carbons (Fsp3) is 0.400. The minimum atomic E-state index is -0.511. The first-order valence-electron chi connectivity index (χ1n) is 8.60. The second-order valence-corrected chi connectivity index (χ2v) is 6.59. The van der Waals surface area contributed by atoms with Crippen molar-refractivity contribution in [3.05, 3.63) is 59.3 Å². The monoisotopic (exact) mass is 340 g/mol. The van der Waals surface area contributed by atoms with Crippen LogP contribution in [0.15, 0.2) is 42.6 Å². The van der Waals surface area contributed by atoms with E-state index in [2.05, 4.69) is 24.0 Å². The SMILES string of the molecule is COc1ccc(C(=O)N2CC[C@H](Cc3ccccc3C)[C@@H](O)C2)cn1. The molecule has 5 nitrogen and oxygen atoms in total. The van der Waals surface area contributed by atoms with E-state index < -0.39 is 6.10 Å². The number of likely N-dealkylation sites (tertiary alicyclic amines) is 1. The van der Waals surface area contributed by atoms with E-state index >= 15 is 0 Å². The van der Waals surface area contributed by atoms with Gasteiger partial charge in [-0.2, -0.15) is 0 Å². The zero-order chi connectivity index (χ0) is 17.8. The van der Waals surface area contributed by atoms with Gasteiger partial charge in [0.05, 0.1) is 18.8 Å². The van der Waals surface area contributed by atoms with Gasteiger partial charge < -0.3 is 14.7 Å². The smallest absolute Gasteiger partial charge is 0.255 e. The van der Waals surface area contributed by atoms with E-state index in [9.17, 15) is 9.90 Å². The zero-order valence-electron chi connectivity index (χ0n) is 14.7. The van der Waals surface area contributed by atoms with E-state index in [1.54, 1.807) is 24.1 Å². The van der Waals surface area contributed by atoms with E-state index in [-0.39, 0.29) is 11.8 Å². The molecule has 3 rings (SSSR count). The van der Waals surface area contributed by atoms with Gasteiger partial charge in [-0.05, 0) is 42.9 Å². The summed E-state index contributed by atoms with van der Waals surface area (Å²) in [6, 6.07) is 11.7. The third-order valence-electron chi connectivity index (χ3n) is 4.94. The van der Waals surface area contributed by atoms with Crippen LogP contribution in [0.25, 0.3) is 0 Å². The standard InChI is InChI=1S/C20H24N2O3/c1-14-5-3-4-6-15(14)11-16-9-10-22(13-18(16)23)20(24)17-7-8-19(25-2)21-12-17/h3-8,12,16,18,23H,9-11,13H2,1-2H3/t16-,18+/m1/s1. The van der Waals surface area contributed by atoms with Crippen molar-refractivity contribution in [2.75, 3.05) is 20.2 Å². The van der Waals surface area contributed by atoms with Gasteiger partial charge in [-0.25, -0.2) is 4.98 Å². The minimum Gasteiger partial charge on any atom is -0.481 e. The topological polar surface area (TPSA) is 62.7 Å². The van der Waals surface area contributed by atoms with E-state index in [1.165, 1.54) is 17.3 Å². The van der Waals surface area contributed by atoms with Crippen LogP contribution in [0.5, 0.6) is 5.88 Å². The zero-order valence-corrected chi connectivity index (χ0v) is 14.7. The Labute approximate surface area is 148 Å². The second kappa shape index (κ2) is 7.66. The lowest BCUT2D eigenvalue weighted by Gasteiger charge is -2.36. The van der Waals surface area contributed by atoms with Gasteiger partial charge in [0.25, 0.3) is 5.91 Å². The van der Waals surface area contributed by atoms with Crippen LogP contribution in [0, 0.1) is 12.8 Å². The number of β-amino-alcohol motifs (C(OH)–C–C–N with tert-alkyl or cyclic N) is 1. The number of rotatable bonds is 4. The van der Waals surface area contributed by atoms with Crippen LogP contribution in [-0.2, 0) is 6.42 Å². The van der Waals surface area contributed by atoms with Crippen molar-refractivity contribution in [1.29, 1.82) is 0 Å². The highest BCUT2D eigenvalue weighted by Gasteiger charge is 2.31. The highest BCUT2D eigenvalue weighted by molar-refractivity contribution is 5.94. The predicted molar refractivity (Wildman–Crippen MR) is 95.7 cm³/mol. The number of hydrogen-bond acceptors (Lipinski definition) is 4. The quantitative estimate of drug-likeness (QED) is 0.929. The Morgan fingerprint density at radius 1 is 1.32 bits per heavy atom. The molecule has 1 aromatic heterocycles. The molecule has 25 heavy (non-hydrogen) atoms. The predicted octanol–water partition coefficient (Wildman–Crippen LogP) is 2.46. The van der Waals surface area contributed by atoms with Crippen LogP contribution in [0.2, 0.25) is 0 Å². The number of ether oxygens (including phenoxy) is 1. The van der Waals surface area contributed by atoms with Crippen molar-refractivity contribution in [3.63, 3.8) is 0 Å². The molecule has 1 N–H and O–H groups in total. The Bertz CT molecular complexity index is 730. The van der Waals surface area contributed by atoms with Crippen LogP contribution in [0.1, 0.15) is 27.9 Å². The lowest BCUT2D eigenvalue weighted by Crippen LogP contribution is -2.47. The van der Waals surface area contributed by atoms with E-state index in [4.69, 9.17) is 4.74 Å². The van der Waals surface area contributed by atoms with E-state index in [0.29, 0.717) is 24.5 Å². The number of piperidine rings is 1. The molecule has 0 spiro atoms. The third kappa shape index (κ3) is 3.99. The Morgan fingerprint density at radius 2 is 2.12 bits per heavy atom. The lowest BCUT2D eigenvalue weighted by molar-refractivity contribution is 0.0197. The molecule has 1 amide bonds. The molecule has 0 saturated carbocycles. The fourth-order valence-corrected chi connectivity index (χ4v) is 3.33. The molecule has 1 fully saturated rings. The summed E-state index contributed by atoms with van der Waals surface area (Å²) in [6.07, 6.45) is 2.65.